The highest BCUT2D eigenvalue weighted by molar-refractivity contribution is 7.98. The minimum absolute atomic E-state index is 0.212. The number of nitrogens with one attached hydrogen (secondary N) is 1. The highest BCUT2D eigenvalue weighted by atomic mass is 32.2. The molecule has 4 rings (SSSR count). The van der Waals surface area contributed by atoms with Crippen molar-refractivity contribution >= 4 is 22.7 Å². The van der Waals surface area contributed by atoms with E-state index in [9.17, 15) is 13.2 Å². The molecule has 1 N–H and O–H groups in total. The van der Waals surface area contributed by atoms with Gasteiger partial charge in [-0.2, -0.15) is 18.3 Å². The van der Waals surface area contributed by atoms with Crippen LogP contribution >= 0.6 is 11.8 Å². The fourth-order valence-corrected chi connectivity index (χ4v) is 3.38. The van der Waals surface area contributed by atoms with Gasteiger partial charge in [0.1, 0.15) is 5.75 Å². The zero-order valence-electron chi connectivity index (χ0n) is 14.4. The van der Waals surface area contributed by atoms with Crippen LogP contribution in [0.5, 0.6) is 5.75 Å². The number of alkyl halides is 3. The number of fused-ring (bicyclic) bond motifs is 1. The summed E-state index contributed by atoms with van der Waals surface area (Å²) in [4.78, 5) is 0. The summed E-state index contributed by atoms with van der Waals surface area (Å²) >= 11 is 1.16. The fourth-order valence-electron chi connectivity index (χ4n) is 2.67. The van der Waals surface area contributed by atoms with E-state index >= 15 is 0 Å². The molecular weight excluding hydrogens is 393 g/mol. The Morgan fingerprint density at radius 1 is 1.14 bits per heavy atom. The van der Waals surface area contributed by atoms with E-state index in [0.29, 0.717) is 11.5 Å². The largest absolute Gasteiger partial charge is 0.496 e. The lowest BCUT2D eigenvalue weighted by Gasteiger charge is -2.13. The molecule has 4 aromatic rings. The number of methoxy groups -OCH3 is 1. The maximum Gasteiger partial charge on any atom is 0.419 e. The quantitative estimate of drug-likeness (QED) is 0.474. The Morgan fingerprint density at radius 3 is 2.79 bits per heavy atom. The molecule has 0 amide bonds. The summed E-state index contributed by atoms with van der Waals surface area (Å²) in [7, 11) is 1.21. The molecule has 2 heterocycles. The standard InChI is InChI=1S/C18H13F3N4O2S/c1-26-15-5-2-10(6-13(15)18(19,20)21)9-28-17-25-24-16(27-17)11-3-4-14-12(7-11)8-22-23-14/h2-8H,9H2,1H3,(H,22,23). The van der Waals surface area contributed by atoms with E-state index in [2.05, 4.69) is 20.4 Å². The van der Waals surface area contributed by atoms with Crippen molar-refractivity contribution in [2.75, 3.05) is 7.11 Å². The molecule has 0 unspecified atom stereocenters. The average molecular weight is 406 g/mol. The molecule has 0 saturated carbocycles. The van der Waals surface area contributed by atoms with Gasteiger partial charge in [0.2, 0.25) is 5.89 Å². The summed E-state index contributed by atoms with van der Waals surface area (Å²) in [5, 5.41) is 15.9. The van der Waals surface area contributed by atoms with E-state index in [1.54, 1.807) is 12.3 Å². The zero-order chi connectivity index (χ0) is 19.7. The monoisotopic (exact) mass is 406 g/mol. The minimum atomic E-state index is -4.49. The van der Waals surface area contributed by atoms with Gasteiger partial charge in [-0.25, -0.2) is 0 Å². The molecule has 10 heteroatoms. The SMILES string of the molecule is COc1ccc(CSc2nnc(-c3ccc4[nH]ncc4c3)o2)cc1C(F)(F)F. The van der Waals surface area contributed by atoms with Crippen LogP contribution in [0.25, 0.3) is 22.4 Å². The topological polar surface area (TPSA) is 76.8 Å². The Hall–Kier alpha value is -3.01. The van der Waals surface area contributed by atoms with E-state index in [1.807, 2.05) is 18.2 Å². The Kier molecular flexibility index (Phi) is 4.71. The van der Waals surface area contributed by atoms with Crippen molar-refractivity contribution < 1.29 is 22.3 Å². The van der Waals surface area contributed by atoms with Gasteiger partial charge in [0.15, 0.2) is 0 Å². The number of halogens is 3. The number of thioether (sulfide) groups is 1. The second kappa shape index (κ2) is 7.19. The van der Waals surface area contributed by atoms with Gasteiger partial charge in [-0.1, -0.05) is 17.8 Å². The normalized spacial score (nSPS) is 11.9. The first kappa shape index (κ1) is 18.4. The molecule has 0 radical (unpaired) electrons. The molecule has 144 valence electrons. The third-order valence-corrected chi connectivity index (χ3v) is 4.91. The number of ether oxygens (including phenoxy) is 1. The van der Waals surface area contributed by atoms with Crippen LogP contribution in [0.3, 0.4) is 0 Å². The maximum absolute atomic E-state index is 13.1. The van der Waals surface area contributed by atoms with Gasteiger partial charge in [0.05, 0.1) is 24.4 Å². The fraction of sp³-hybridized carbons (Fsp3) is 0.167. The lowest BCUT2D eigenvalue weighted by molar-refractivity contribution is -0.138. The van der Waals surface area contributed by atoms with Crippen LogP contribution in [0.1, 0.15) is 11.1 Å². The molecule has 0 bridgehead atoms. The molecule has 2 aromatic heterocycles. The summed E-state index contributed by atoms with van der Waals surface area (Å²) in [6.07, 6.45) is -2.80. The van der Waals surface area contributed by atoms with E-state index in [0.717, 1.165) is 34.3 Å². The number of aromatic amines is 1. The van der Waals surface area contributed by atoms with Gasteiger partial charge in [-0.05, 0) is 35.9 Å². The van der Waals surface area contributed by atoms with Crippen LogP contribution in [0.15, 0.2) is 52.2 Å². The Labute approximate surface area is 161 Å². The van der Waals surface area contributed by atoms with Crippen LogP contribution in [-0.4, -0.2) is 27.5 Å². The zero-order valence-corrected chi connectivity index (χ0v) is 15.3. The van der Waals surface area contributed by atoms with Gasteiger partial charge in [0, 0.05) is 16.7 Å². The predicted octanol–water partition coefficient (Wildman–Crippen LogP) is 4.93. The summed E-state index contributed by atoms with van der Waals surface area (Å²) in [6, 6.07) is 9.48. The van der Waals surface area contributed by atoms with Crippen molar-refractivity contribution in [2.24, 2.45) is 0 Å². The number of hydrogen-bond donors (Lipinski definition) is 1. The number of benzene rings is 2. The molecule has 0 atom stereocenters. The number of aromatic nitrogens is 4. The molecule has 0 saturated heterocycles. The van der Waals surface area contributed by atoms with E-state index in [4.69, 9.17) is 9.15 Å². The van der Waals surface area contributed by atoms with E-state index < -0.39 is 11.7 Å². The van der Waals surface area contributed by atoms with Gasteiger partial charge in [-0.15, -0.1) is 10.2 Å². The van der Waals surface area contributed by atoms with Gasteiger partial charge in [-0.3, -0.25) is 5.10 Å². The van der Waals surface area contributed by atoms with Crippen LogP contribution in [0, 0.1) is 0 Å². The maximum atomic E-state index is 13.1. The summed E-state index contributed by atoms with van der Waals surface area (Å²) < 4.78 is 49.8. The first-order valence-corrected chi connectivity index (χ1v) is 9.06. The summed E-state index contributed by atoms with van der Waals surface area (Å²) in [5.74, 6) is 0.363. The highest BCUT2D eigenvalue weighted by Crippen LogP contribution is 2.37. The first-order chi connectivity index (χ1) is 13.4. The van der Waals surface area contributed by atoms with Crippen molar-refractivity contribution in [3.8, 4) is 17.2 Å². The van der Waals surface area contributed by atoms with E-state index in [-0.39, 0.29) is 16.7 Å². The molecule has 6 nitrogen and oxygen atoms in total. The van der Waals surface area contributed by atoms with Gasteiger partial charge in [0.25, 0.3) is 5.22 Å². The molecule has 0 aliphatic heterocycles. The Balaban J connectivity index is 1.50. The third-order valence-electron chi connectivity index (χ3n) is 4.03. The summed E-state index contributed by atoms with van der Waals surface area (Å²) in [5.41, 5.74) is 1.28. The summed E-state index contributed by atoms with van der Waals surface area (Å²) in [6.45, 7) is 0. The van der Waals surface area contributed by atoms with Crippen LogP contribution < -0.4 is 4.74 Å². The Bertz CT molecular complexity index is 1120. The van der Waals surface area contributed by atoms with Crippen molar-refractivity contribution in [2.45, 2.75) is 17.2 Å². The number of nitrogens with zero attached hydrogens (tertiary/aromatic N) is 3. The Morgan fingerprint density at radius 2 is 2.00 bits per heavy atom. The molecule has 0 aliphatic rings. The predicted molar refractivity (Wildman–Crippen MR) is 96.9 cm³/mol. The second-order valence-electron chi connectivity index (χ2n) is 5.87. The van der Waals surface area contributed by atoms with Crippen molar-refractivity contribution in [3.63, 3.8) is 0 Å². The number of H-pyrrole nitrogens is 1. The molecule has 0 aliphatic carbocycles. The van der Waals surface area contributed by atoms with Crippen LogP contribution in [-0.2, 0) is 11.9 Å². The van der Waals surface area contributed by atoms with Crippen LogP contribution in [0.2, 0.25) is 0 Å². The molecular formula is C18H13F3N4O2S. The van der Waals surface area contributed by atoms with Crippen molar-refractivity contribution in [1.29, 1.82) is 0 Å². The highest BCUT2D eigenvalue weighted by Gasteiger charge is 2.34. The molecule has 2 aromatic carbocycles. The lowest BCUT2D eigenvalue weighted by Crippen LogP contribution is -2.08. The third kappa shape index (κ3) is 3.68. The lowest BCUT2D eigenvalue weighted by atomic mass is 10.1. The molecule has 0 spiro atoms. The first-order valence-electron chi connectivity index (χ1n) is 8.08. The smallest absolute Gasteiger partial charge is 0.419 e. The number of hydrogen-bond acceptors (Lipinski definition) is 6. The van der Waals surface area contributed by atoms with Crippen LogP contribution in [0.4, 0.5) is 13.2 Å². The van der Waals surface area contributed by atoms with Crippen molar-refractivity contribution in [1.82, 2.24) is 20.4 Å². The van der Waals surface area contributed by atoms with Crippen molar-refractivity contribution in [3.05, 3.63) is 53.7 Å². The number of rotatable bonds is 5. The van der Waals surface area contributed by atoms with Gasteiger partial charge >= 0.3 is 6.18 Å². The molecule has 0 fully saturated rings. The second-order valence-corrected chi connectivity index (χ2v) is 6.79. The van der Waals surface area contributed by atoms with Gasteiger partial charge < -0.3 is 9.15 Å². The molecule has 28 heavy (non-hydrogen) atoms. The van der Waals surface area contributed by atoms with E-state index in [1.165, 1.54) is 13.2 Å². The minimum Gasteiger partial charge on any atom is -0.496 e. The average Bonchev–Trinajstić information content (AvgIpc) is 3.34.